The Hall–Kier alpha value is -5.27. The van der Waals surface area contributed by atoms with Gasteiger partial charge in [0.1, 0.15) is 17.0 Å². The van der Waals surface area contributed by atoms with Crippen LogP contribution in [0.15, 0.2) is 109 Å². The first-order valence-electron chi connectivity index (χ1n) is 23.9. The van der Waals surface area contributed by atoms with E-state index in [1.54, 1.807) is 0 Å². The SMILES string of the molecule is CCCN(CCC)CCN1C(=O)c2ccccc2C12c1ccc(N(CC)CC)cc1Oc1cc(N(CC)CCCc3cc(N(CC)CC)ccc3CCc3ccccc3)ccc12. The number of benzene rings is 5. The topological polar surface area (TPSA) is 42.5 Å². The van der Waals surface area contributed by atoms with Crippen LogP contribution < -0.4 is 19.4 Å². The number of amides is 1. The normalized spacial score (nSPS) is 15.1. The van der Waals surface area contributed by atoms with E-state index in [1.807, 2.05) is 12.1 Å². The Morgan fingerprint density at radius 2 is 1.08 bits per heavy atom. The van der Waals surface area contributed by atoms with Crippen molar-refractivity contribution in [2.75, 3.05) is 80.1 Å². The molecule has 2 heterocycles. The minimum atomic E-state index is -0.815. The van der Waals surface area contributed by atoms with Crippen molar-refractivity contribution < 1.29 is 9.53 Å². The second kappa shape index (κ2) is 20.7. The lowest BCUT2D eigenvalue weighted by Gasteiger charge is -2.45. The fourth-order valence-corrected chi connectivity index (χ4v) is 10.3. The molecule has 1 amide bonds. The van der Waals surface area contributed by atoms with Crippen LogP contribution in [0.3, 0.4) is 0 Å². The predicted octanol–water partition coefficient (Wildman–Crippen LogP) is 11.6. The highest BCUT2D eigenvalue weighted by molar-refractivity contribution is 6.02. The van der Waals surface area contributed by atoms with E-state index < -0.39 is 5.54 Å². The van der Waals surface area contributed by atoms with Gasteiger partial charge in [-0.3, -0.25) is 4.79 Å². The van der Waals surface area contributed by atoms with Gasteiger partial charge in [-0.05, 0) is 139 Å². The zero-order chi connectivity index (χ0) is 43.6. The molecule has 7 heteroatoms. The summed E-state index contributed by atoms with van der Waals surface area (Å²) in [5.74, 6) is 1.74. The van der Waals surface area contributed by atoms with Crippen LogP contribution in [0.5, 0.6) is 11.5 Å². The third-order valence-electron chi connectivity index (χ3n) is 13.4. The van der Waals surface area contributed by atoms with Crippen LogP contribution >= 0.6 is 0 Å². The van der Waals surface area contributed by atoms with Crippen molar-refractivity contribution in [1.82, 2.24) is 9.80 Å². The van der Waals surface area contributed by atoms with Crippen LogP contribution in [-0.2, 0) is 24.8 Å². The molecule has 0 bridgehead atoms. The van der Waals surface area contributed by atoms with Crippen molar-refractivity contribution in [2.24, 2.45) is 0 Å². The summed E-state index contributed by atoms with van der Waals surface area (Å²) < 4.78 is 7.08. The highest BCUT2D eigenvalue weighted by Crippen LogP contribution is 2.58. The molecule has 1 unspecified atom stereocenters. The molecule has 0 N–H and O–H groups in total. The average molecular weight is 834 g/mol. The van der Waals surface area contributed by atoms with E-state index in [2.05, 4.69) is 170 Å². The Labute approximate surface area is 373 Å². The van der Waals surface area contributed by atoms with Crippen LogP contribution in [-0.4, -0.2) is 81.2 Å². The molecule has 2 aliphatic rings. The van der Waals surface area contributed by atoms with Gasteiger partial charge in [0, 0.05) is 98.2 Å². The van der Waals surface area contributed by atoms with Gasteiger partial charge in [0.15, 0.2) is 0 Å². The molecule has 0 saturated heterocycles. The highest BCUT2D eigenvalue weighted by Gasteiger charge is 2.56. The van der Waals surface area contributed by atoms with Gasteiger partial charge in [-0.25, -0.2) is 0 Å². The van der Waals surface area contributed by atoms with E-state index in [-0.39, 0.29) is 5.91 Å². The maximum atomic E-state index is 14.8. The third-order valence-corrected chi connectivity index (χ3v) is 13.4. The number of hydrogen-bond acceptors (Lipinski definition) is 6. The molecule has 328 valence electrons. The Balaban J connectivity index is 1.24. The fraction of sp³-hybridized carbons (Fsp3) is 0.436. The second-order valence-corrected chi connectivity index (χ2v) is 17.0. The number of hydrogen-bond donors (Lipinski definition) is 0. The zero-order valence-electron chi connectivity index (χ0n) is 38.8. The van der Waals surface area contributed by atoms with E-state index in [0.717, 1.165) is 143 Å². The maximum Gasteiger partial charge on any atom is 0.255 e. The van der Waals surface area contributed by atoms with Crippen molar-refractivity contribution in [2.45, 2.75) is 92.5 Å². The average Bonchev–Trinajstić information content (AvgIpc) is 3.54. The summed E-state index contributed by atoms with van der Waals surface area (Å²) in [4.78, 5) is 26.8. The van der Waals surface area contributed by atoms with Gasteiger partial charge in [-0.1, -0.05) is 80.6 Å². The van der Waals surface area contributed by atoms with E-state index in [1.165, 1.54) is 22.4 Å². The van der Waals surface area contributed by atoms with Gasteiger partial charge in [0.25, 0.3) is 5.91 Å². The molecule has 0 radical (unpaired) electrons. The fourth-order valence-electron chi connectivity index (χ4n) is 10.3. The molecule has 0 aliphatic carbocycles. The van der Waals surface area contributed by atoms with Crippen LogP contribution in [0.1, 0.15) is 111 Å². The van der Waals surface area contributed by atoms with Gasteiger partial charge in [-0.2, -0.15) is 0 Å². The first-order valence-corrected chi connectivity index (χ1v) is 23.9. The molecular weight excluding hydrogens is 763 g/mol. The number of nitrogens with zero attached hydrogens (tertiary/aromatic N) is 5. The van der Waals surface area contributed by atoms with Crippen LogP contribution in [0.2, 0.25) is 0 Å². The van der Waals surface area contributed by atoms with Crippen molar-refractivity contribution in [3.63, 3.8) is 0 Å². The zero-order valence-corrected chi connectivity index (χ0v) is 38.8. The number of rotatable bonds is 22. The second-order valence-electron chi connectivity index (χ2n) is 17.0. The molecular formula is C55H71N5O2. The number of ether oxygens (including phenoxy) is 1. The summed E-state index contributed by atoms with van der Waals surface area (Å²) in [6.45, 7) is 24.7. The van der Waals surface area contributed by atoms with Crippen molar-refractivity contribution in [3.8, 4) is 11.5 Å². The molecule has 5 aromatic carbocycles. The van der Waals surface area contributed by atoms with Gasteiger partial charge in [0.2, 0.25) is 0 Å². The molecule has 1 atom stereocenters. The molecule has 7 nitrogen and oxygen atoms in total. The monoisotopic (exact) mass is 834 g/mol. The summed E-state index contributed by atoms with van der Waals surface area (Å²) >= 11 is 0. The minimum absolute atomic E-state index is 0.0904. The van der Waals surface area contributed by atoms with E-state index in [0.29, 0.717) is 6.54 Å². The maximum absolute atomic E-state index is 14.8. The Morgan fingerprint density at radius 1 is 0.516 bits per heavy atom. The van der Waals surface area contributed by atoms with Crippen molar-refractivity contribution in [1.29, 1.82) is 0 Å². The van der Waals surface area contributed by atoms with Crippen molar-refractivity contribution in [3.05, 3.63) is 148 Å². The molecule has 0 aromatic heterocycles. The lowest BCUT2D eigenvalue weighted by Crippen LogP contribution is -2.50. The standard InChI is InChI=1S/C55H71N5O2/c1-8-34-56(35-9-2)37-38-60-54(61)48-24-18-19-25-49(48)55(60)50-32-30-46(58(12-5)13-6)40-52(50)62-53-41-47(31-33-51(53)55)59(14-7)36-20-23-44-39-45(57(10-3)11-4)29-28-43(44)27-26-42-21-16-15-17-22-42/h15-19,21-22,24-25,28-33,39-41H,8-14,20,23,26-27,34-38H2,1-7H3. The number of carbonyl (C=O) groups excluding carboxylic acids is 1. The first-order chi connectivity index (χ1) is 30.3. The molecule has 62 heavy (non-hydrogen) atoms. The number of aryl methyl sites for hydroxylation is 3. The molecule has 2 aliphatic heterocycles. The largest absolute Gasteiger partial charge is 0.456 e. The summed E-state index contributed by atoms with van der Waals surface area (Å²) in [7, 11) is 0. The Bertz CT molecular complexity index is 2240. The van der Waals surface area contributed by atoms with E-state index >= 15 is 0 Å². The molecule has 0 saturated carbocycles. The lowest BCUT2D eigenvalue weighted by atomic mass is 9.74. The summed E-state index contributed by atoms with van der Waals surface area (Å²) in [6.07, 6.45) is 6.30. The Morgan fingerprint density at radius 3 is 1.69 bits per heavy atom. The molecule has 5 aromatic rings. The summed E-state index contributed by atoms with van der Waals surface area (Å²) in [6, 6.07) is 39.8. The quantitative estimate of drug-likeness (QED) is 0.0692. The highest BCUT2D eigenvalue weighted by atomic mass is 16.5. The van der Waals surface area contributed by atoms with Gasteiger partial charge in [-0.15, -0.1) is 0 Å². The smallest absolute Gasteiger partial charge is 0.255 e. The van der Waals surface area contributed by atoms with E-state index in [4.69, 9.17) is 4.74 Å². The Kier molecular flexibility index (Phi) is 15.0. The predicted molar refractivity (Wildman–Crippen MR) is 261 cm³/mol. The van der Waals surface area contributed by atoms with Crippen LogP contribution in [0.4, 0.5) is 17.1 Å². The molecule has 7 rings (SSSR count). The lowest BCUT2D eigenvalue weighted by molar-refractivity contribution is 0.0635. The number of carbonyl (C=O) groups is 1. The summed E-state index contributed by atoms with van der Waals surface area (Å²) in [5, 5.41) is 0. The molecule has 0 fully saturated rings. The molecule has 1 spiro atoms. The van der Waals surface area contributed by atoms with E-state index in [9.17, 15) is 4.79 Å². The summed E-state index contributed by atoms with van der Waals surface area (Å²) in [5.41, 5.74) is 11.0. The van der Waals surface area contributed by atoms with Crippen LogP contribution in [0.25, 0.3) is 0 Å². The van der Waals surface area contributed by atoms with Gasteiger partial charge in [0.05, 0.1) is 0 Å². The first kappa shape index (κ1) is 44.8. The van der Waals surface area contributed by atoms with Crippen molar-refractivity contribution >= 4 is 23.0 Å². The van der Waals surface area contributed by atoms with Crippen LogP contribution in [0, 0.1) is 0 Å². The van der Waals surface area contributed by atoms with Gasteiger partial charge < -0.3 is 29.2 Å². The van der Waals surface area contributed by atoms with Gasteiger partial charge >= 0.3 is 0 Å². The number of fused-ring (bicyclic) bond motifs is 6. The minimum Gasteiger partial charge on any atom is -0.456 e. The number of anilines is 3. The third kappa shape index (κ3) is 8.97.